The van der Waals surface area contributed by atoms with Gasteiger partial charge in [-0.1, -0.05) is 47.5 Å². The van der Waals surface area contributed by atoms with Gasteiger partial charge in [-0.15, -0.1) is 0 Å². The van der Waals surface area contributed by atoms with Crippen LogP contribution in [0.4, 0.5) is 0 Å². The van der Waals surface area contributed by atoms with Gasteiger partial charge in [-0.2, -0.15) is 0 Å². The summed E-state index contributed by atoms with van der Waals surface area (Å²) in [6.07, 6.45) is 1.41. The Kier molecular flexibility index (Phi) is 4.65. The highest BCUT2D eigenvalue weighted by atomic mass is 35.5. The van der Waals surface area contributed by atoms with E-state index in [-0.39, 0.29) is 10.2 Å². The number of halogens is 2. The van der Waals surface area contributed by atoms with E-state index < -0.39 is 10.0 Å². The molecule has 0 fully saturated rings. The Hall–Kier alpha value is -2.41. The first-order valence-corrected chi connectivity index (χ1v) is 10.6. The van der Waals surface area contributed by atoms with Gasteiger partial charge in [-0.3, -0.25) is 0 Å². The molecule has 28 heavy (non-hydrogen) atoms. The number of aryl methyl sites for hydroxylation is 1. The number of hydrogen-bond donors (Lipinski definition) is 0. The van der Waals surface area contributed by atoms with Gasteiger partial charge >= 0.3 is 0 Å². The molecule has 0 N–H and O–H groups in total. The molecule has 142 valence electrons. The van der Waals surface area contributed by atoms with Gasteiger partial charge in [0.1, 0.15) is 0 Å². The molecule has 0 bridgehead atoms. The fourth-order valence-corrected chi connectivity index (χ4v) is 5.16. The molecule has 0 aliphatic carbocycles. The molecule has 0 atom stereocenters. The second-order valence-corrected chi connectivity index (χ2v) is 8.93. The van der Waals surface area contributed by atoms with Crippen molar-refractivity contribution in [2.75, 3.05) is 0 Å². The van der Waals surface area contributed by atoms with Gasteiger partial charge < -0.3 is 0 Å². The van der Waals surface area contributed by atoms with Crippen LogP contribution < -0.4 is 0 Å². The molecule has 0 aliphatic rings. The van der Waals surface area contributed by atoms with Crippen LogP contribution in [0, 0.1) is 13.8 Å². The molecule has 2 heterocycles. The van der Waals surface area contributed by atoms with E-state index in [9.17, 15) is 8.42 Å². The van der Waals surface area contributed by atoms with E-state index in [0.29, 0.717) is 32.9 Å². The summed E-state index contributed by atoms with van der Waals surface area (Å²) >= 11 is 12.3. The van der Waals surface area contributed by atoms with E-state index in [2.05, 4.69) is 9.97 Å². The Balaban J connectivity index is 2.08. The number of nitrogens with zero attached hydrogens (tertiary/aromatic N) is 3. The van der Waals surface area contributed by atoms with Crippen LogP contribution in [0.25, 0.3) is 22.2 Å². The molecule has 0 unspecified atom stereocenters. The third-order valence-electron chi connectivity index (χ3n) is 4.57. The number of benzene rings is 2. The van der Waals surface area contributed by atoms with Crippen molar-refractivity contribution in [3.05, 3.63) is 76.3 Å². The number of aromatic nitrogens is 3. The minimum absolute atomic E-state index is 0.0389. The SMILES string of the molecule is Cc1ccc(S(=O)(=O)n2c(C)c(-c3nc(Cl)ncc3Cl)c3ccccc32)cc1. The number of rotatable bonds is 3. The first-order chi connectivity index (χ1) is 13.3. The lowest BCUT2D eigenvalue weighted by molar-refractivity contribution is 0.588. The predicted octanol–water partition coefficient (Wildman–Crippen LogP) is 5.26. The molecule has 5 nitrogen and oxygen atoms in total. The van der Waals surface area contributed by atoms with E-state index in [0.717, 1.165) is 5.56 Å². The van der Waals surface area contributed by atoms with Crippen LogP contribution in [0.5, 0.6) is 0 Å². The van der Waals surface area contributed by atoms with Crippen molar-refractivity contribution in [2.24, 2.45) is 0 Å². The first-order valence-electron chi connectivity index (χ1n) is 8.41. The second-order valence-electron chi connectivity index (χ2n) is 6.40. The van der Waals surface area contributed by atoms with Crippen molar-refractivity contribution in [1.82, 2.24) is 13.9 Å². The average Bonchev–Trinajstić information content (AvgIpc) is 2.96. The van der Waals surface area contributed by atoms with Crippen molar-refractivity contribution < 1.29 is 8.42 Å². The zero-order chi connectivity index (χ0) is 20.1. The number of fused-ring (bicyclic) bond motifs is 1. The molecule has 0 spiro atoms. The van der Waals surface area contributed by atoms with Gasteiger partial charge in [0.2, 0.25) is 5.28 Å². The lowest BCUT2D eigenvalue weighted by Gasteiger charge is -2.11. The minimum atomic E-state index is -3.83. The van der Waals surface area contributed by atoms with Gasteiger partial charge in [0.15, 0.2) is 0 Å². The third-order valence-corrected chi connectivity index (χ3v) is 6.85. The Labute approximate surface area is 172 Å². The maximum absolute atomic E-state index is 13.4. The summed E-state index contributed by atoms with van der Waals surface area (Å²) in [5.74, 6) is 0. The summed E-state index contributed by atoms with van der Waals surface area (Å²) in [7, 11) is -3.83. The molecule has 0 saturated carbocycles. The number of hydrogen-bond acceptors (Lipinski definition) is 4. The van der Waals surface area contributed by atoms with Crippen LogP contribution in [-0.4, -0.2) is 22.4 Å². The van der Waals surface area contributed by atoms with Crippen LogP contribution >= 0.6 is 23.2 Å². The average molecular weight is 432 g/mol. The van der Waals surface area contributed by atoms with E-state index in [1.807, 2.05) is 19.1 Å². The van der Waals surface area contributed by atoms with Crippen molar-refractivity contribution >= 4 is 44.1 Å². The monoisotopic (exact) mass is 431 g/mol. The van der Waals surface area contributed by atoms with Gasteiger partial charge in [0, 0.05) is 16.6 Å². The van der Waals surface area contributed by atoms with E-state index in [4.69, 9.17) is 23.2 Å². The lowest BCUT2D eigenvalue weighted by Crippen LogP contribution is -2.14. The molecule has 2 aromatic carbocycles. The van der Waals surface area contributed by atoms with Crippen LogP contribution in [0.1, 0.15) is 11.3 Å². The van der Waals surface area contributed by atoms with E-state index >= 15 is 0 Å². The molecule has 8 heteroatoms. The molecule has 2 aromatic heterocycles. The molecular formula is C20H15Cl2N3O2S. The van der Waals surface area contributed by atoms with E-state index in [1.165, 1.54) is 10.2 Å². The smallest absolute Gasteiger partial charge is 0.238 e. The molecular weight excluding hydrogens is 417 g/mol. The highest BCUT2D eigenvalue weighted by Gasteiger charge is 2.27. The Morgan fingerprint density at radius 3 is 2.36 bits per heavy atom. The van der Waals surface area contributed by atoms with Crippen molar-refractivity contribution in [3.8, 4) is 11.3 Å². The van der Waals surface area contributed by atoms with Crippen LogP contribution in [0.2, 0.25) is 10.3 Å². The Morgan fingerprint density at radius 1 is 0.964 bits per heavy atom. The zero-order valence-electron chi connectivity index (χ0n) is 15.0. The second kappa shape index (κ2) is 6.88. The Morgan fingerprint density at radius 2 is 1.64 bits per heavy atom. The molecule has 0 saturated heterocycles. The standard InChI is InChI=1S/C20H15Cl2N3O2S/c1-12-7-9-14(10-8-12)28(26,27)25-13(2)18(15-5-3-4-6-17(15)25)19-16(21)11-23-20(22)24-19/h3-11H,1-2H3. The fourth-order valence-electron chi connectivity index (χ4n) is 3.28. The molecule has 0 amide bonds. The maximum Gasteiger partial charge on any atom is 0.268 e. The minimum Gasteiger partial charge on any atom is -0.238 e. The number of para-hydroxylation sites is 1. The summed E-state index contributed by atoms with van der Waals surface area (Å²) in [5, 5.41) is 1.05. The van der Waals surface area contributed by atoms with Gasteiger partial charge in [0.05, 0.1) is 27.3 Å². The summed E-state index contributed by atoms with van der Waals surface area (Å²) < 4.78 is 28.2. The van der Waals surface area contributed by atoms with Crippen molar-refractivity contribution in [1.29, 1.82) is 0 Å². The van der Waals surface area contributed by atoms with Crippen molar-refractivity contribution in [3.63, 3.8) is 0 Å². The molecule has 4 rings (SSSR count). The first kappa shape index (κ1) is 18.9. The van der Waals surface area contributed by atoms with Crippen molar-refractivity contribution in [2.45, 2.75) is 18.7 Å². The highest BCUT2D eigenvalue weighted by Crippen LogP contribution is 2.38. The van der Waals surface area contributed by atoms with Gasteiger partial charge in [-0.05, 0) is 43.6 Å². The van der Waals surface area contributed by atoms with Crippen LogP contribution in [0.15, 0.2) is 59.6 Å². The van der Waals surface area contributed by atoms with Gasteiger partial charge in [0.25, 0.3) is 10.0 Å². The maximum atomic E-state index is 13.4. The largest absolute Gasteiger partial charge is 0.268 e. The van der Waals surface area contributed by atoms with Crippen LogP contribution in [0.3, 0.4) is 0 Å². The topological polar surface area (TPSA) is 64.8 Å². The molecule has 0 aliphatic heterocycles. The zero-order valence-corrected chi connectivity index (χ0v) is 17.3. The van der Waals surface area contributed by atoms with Gasteiger partial charge in [-0.25, -0.2) is 22.4 Å². The summed E-state index contributed by atoms with van der Waals surface area (Å²) in [5.41, 5.74) is 3.03. The predicted molar refractivity (Wildman–Crippen MR) is 111 cm³/mol. The summed E-state index contributed by atoms with van der Waals surface area (Å²) in [6.45, 7) is 3.64. The van der Waals surface area contributed by atoms with Crippen LogP contribution in [-0.2, 0) is 10.0 Å². The van der Waals surface area contributed by atoms with E-state index in [1.54, 1.807) is 43.3 Å². The molecule has 4 aromatic rings. The molecule has 0 radical (unpaired) electrons. The Bertz CT molecular complexity index is 1310. The normalized spacial score (nSPS) is 11.9. The fraction of sp³-hybridized carbons (Fsp3) is 0.100. The third kappa shape index (κ3) is 2.98. The lowest BCUT2D eigenvalue weighted by atomic mass is 10.1. The quantitative estimate of drug-likeness (QED) is 0.415. The summed E-state index contributed by atoms with van der Waals surface area (Å²) in [4.78, 5) is 8.34. The highest BCUT2D eigenvalue weighted by molar-refractivity contribution is 7.90. The summed E-state index contributed by atoms with van der Waals surface area (Å²) in [6, 6.07) is 14.0.